The first-order valence-electron chi connectivity index (χ1n) is 16.0. The summed E-state index contributed by atoms with van der Waals surface area (Å²) in [5.74, 6) is -0.598. The van der Waals surface area contributed by atoms with E-state index in [2.05, 4.69) is 17.0 Å². The Morgan fingerprint density at radius 3 is 2.65 bits per heavy atom. The van der Waals surface area contributed by atoms with Gasteiger partial charge in [-0.05, 0) is 97.4 Å². The summed E-state index contributed by atoms with van der Waals surface area (Å²) in [6.45, 7) is 1.80. The molecule has 1 spiro atoms. The van der Waals surface area contributed by atoms with E-state index < -0.39 is 22.1 Å². The van der Waals surface area contributed by atoms with Gasteiger partial charge in [0.15, 0.2) is 0 Å². The number of aliphatic hydroxyl groups is 1. The number of hydrogen-bond acceptors (Lipinski definition) is 6. The molecule has 1 aliphatic heterocycles. The van der Waals surface area contributed by atoms with E-state index in [1.807, 2.05) is 42.5 Å². The molecule has 1 fully saturated rings. The van der Waals surface area contributed by atoms with E-state index in [0.717, 1.165) is 48.4 Å². The monoisotopic (exact) mass is 664 g/mol. The lowest BCUT2D eigenvalue weighted by atomic mass is 9.68. The fourth-order valence-electron chi connectivity index (χ4n) is 7.63. The highest BCUT2D eigenvalue weighted by molar-refractivity contribution is 7.89. The quantitative estimate of drug-likeness (QED) is 0.230. The van der Waals surface area contributed by atoms with Crippen molar-refractivity contribution in [1.82, 2.24) is 0 Å². The minimum Gasteiger partial charge on any atom is -0.490 e. The lowest BCUT2D eigenvalue weighted by Crippen LogP contribution is -2.49. The number of carbonyl (C=O) groups is 1. The number of aliphatic hydroxyl groups excluding tert-OH is 1. The molecule has 0 amide bonds. The van der Waals surface area contributed by atoms with Gasteiger partial charge in [-0.2, -0.15) is 0 Å². The van der Waals surface area contributed by atoms with E-state index in [1.54, 1.807) is 24.3 Å². The average Bonchev–Trinajstić information content (AvgIpc) is 3.15. The summed E-state index contributed by atoms with van der Waals surface area (Å²) < 4.78 is 30.3. The number of rotatable bonds is 10. The van der Waals surface area contributed by atoms with Crippen LogP contribution in [-0.2, 0) is 21.9 Å². The molecular formula is C36H41ClN2O6S. The van der Waals surface area contributed by atoms with Crippen molar-refractivity contribution in [2.75, 3.05) is 30.3 Å². The van der Waals surface area contributed by atoms with E-state index in [9.17, 15) is 23.4 Å². The van der Waals surface area contributed by atoms with E-state index in [1.165, 1.54) is 11.1 Å². The Morgan fingerprint density at radius 1 is 1.13 bits per heavy atom. The number of nitrogens with zero attached hydrogens (tertiary/aromatic N) is 1. The number of nitrogens with two attached hydrogens (primary N) is 1. The first-order valence-corrected chi connectivity index (χ1v) is 18.0. The Balaban J connectivity index is 1.22. The molecule has 6 rings (SSSR count). The summed E-state index contributed by atoms with van der Waals surface area (Å²) in [5, 5.41) is 27.2. The number of hydrogen-bond donors (Lipinski definition) is 3. The Labute approximate surface area is 275 Å². The molecule has 8 nitrogen and oxygen atoms in total. The maximum absolute atomic E-state index is 12.0. The zero-order valence-corrected chi connectivity index (χ0v) is 27.3. The fourth-order valence-corrected chi connectivity index (χ4v) is 8.72. The third-order valence-electron chi connectivity index (χ3n) is 10.1. The van der Waals surface area contributed by atoms with Crippen molar-refractivity contribution in [3.05, 3.63) is 106 Å². The molecule has 46 heavy (non-hydrogen) atoms. The molecular weight excluding hydrogens is 624 g/mol. The first kappa shape index (κ1) is 32.6. The summed E-state index contributed by atoms with van der Waals surface area (Å²) >= 11 is 6.38. The van der Waals surface area contributed by atoms with Gasteiger partial charge < -0.3 is 19.8 Å². The maximum Gasteiger partial charge on any atom is 0.335 e. The molecule has 3 aromatic carbocycles. The summed E-state index contributed by atoms with van der Waals surface area (Å²) in [6, 6.07) is 20.6. The van der Waals surface area contributed by atoms with Crippen molar-refractivity contribution in [2.45, 2.75) is 56.0 Å². The fraction of sp³-hybridized carbons (Fsp3) is 0.417. The Hall–Kier alpha value is -3.37. The van der Waals surface area contributed by atoms with Crippen LogP contribution in [0.25, 0.3) is 0 Å². The van der Waals surface area contributed by atoms with E-state index in [4.69, 9.17) is 21.5 Å². The maximum atomic E-state index is 12.0. The summed E-state index contributed by atoms with van der Waals surface area (Å²) in [5.41, 5.74) is 4.05. The van der Waals surface area contributed by atoms with Gasteiger partial charge in [-0.3, -0.25) is 0 Å². The highest BCUT2D eigenvalue weighted by atomic mass is 35.5. The Morgan fingerprint density at radius 2 is 1.93 bits per heavy atom. The molecule has 4 N–H and O–H groups in total. The number of carboxylic acids is 1. The lowest BCUT2D eigenvalue weighted by Gasteiger charge is -2.45. The van der Waals surface area contributed by atoms with Crippen molar-refractivity contribution in [2.24, 2.45) is 17.0 Å². The van der Waals surface area contributed by atoms with Crippen LogP contribution in [0.15, 0.2) is 78.9 Å². The number of aryl methyl sites for hydroxylation is 1. The Kier molecular flexibility index (Phi) is 9.48. The largest absolute Gasteiger partial charge is 0.490 e. The van der Waals surface area contributed by atoms with Crippen molar-refractivity contribution < 1.29 is 28.2 Å². The predicted molar refractivity (Wildman–Crippen MR) is 180 cm³/mol. The highest BCUT2D eigenvalue weighted by Gasteiger charge is 2.44. The number of fused-ring (bicyclic) bond motifs is 3. The molecule has 5 atom stereocenters. The van der Waals surface area contributed by atoms with Gasteiger partial charge >= 0.3 is 5.97 Å². The number of halogens is 1. The molecule has 244 valence electrons. The zero-order valence-electron chi connectivity index (χ0n) is 25.7. The van der Waals surface area contributed by atoms with Crippen LogP contribution in [0.4, 0.5) is 5.69 Å². The van der Waals surface area contributed by atoms with Crippen LogP contribution >= 0.6 is 11.6 Å². The van der Waals surface area contributed by atoms with Gasteiger partial charge in [-0.1, -0.05) is 60.2 Å². The van der Waals surface area contributed by atoms with Gasteiger partial charge in [0, 0.05) is 29.4 Å². The third-order valence-corrected chi connectivity index (χ3v) is 11.2. The number of sulfonamides is 1. The van der Waals surface area contributed by atoms with Gasteiger partial charge in [0.25, 0.3) is 0 Å². The van der Waals surface area contributed by atoms with Gasteiger partial charge in [-0.15, -0.1) is 0 Å². The molecule has 3 aliphatic rings. The number of aromatic carboxylic acids is 1. The topological polar surface area (TPSA) is 130 Å². The minimum absolute atomic E-state index is 0.0216. The molecule has 0 aromatic heterocycles. The van der Waals surface area contributed by atoms with Crippen LogP contribution < -0.4 is 14.8 Å². The number of carboxylic acid groups (broad SMARTS) is 1. The van der Waals surface area contributed by atoms with Gasteiger partial charge in [0.2, 0.25) is 10.0 Å². The average molecular weight is 665 g/mol. The van der Waals surface area contributed by atoms with E-state index in [-0.39, 0.29) is 34.5 Å². The van der Waals surface area contributed by atoms with Crippen molar-refractivity contribution >= 4 is 33.3 Å². The molecule has 1 saturated carbocycles. The normalized spacial score (nSPS) is 23.9. The summed E-state index contributed by atoms with van der Waals surface area (Å²) in [6.07, 6.45) is 8.13. The van der Waals surface area contributed by atoms with Crippen LogP contribution in [-0.4, -0.2) is 56.2 Å². The number of benzene rings is 3. The van der Waals surface area contributed by atoms with Crippen molar-refractivity contribution in [3.63, 3.8) is 0 Å². The van der Waals surface area contributed by atoms with Crippen molar-refractivity contribution in [1.29, 1.82) is 0 Å². The zero-order chi connectivity index (χ0) is 32.5. The summed E-state index contributed by atoms with van der Waals surface area (Å²) in [4.78, 5) is 14.2. The van der Waals surface area contributed by atoms with E-state index >= 15 is 0 Å². The van der Waals surface area contributed by atoms with E-state index in [0.29, 0.717) is 31.9 Å². The molecule has 10 heteroatoms. The SMILES string of the molecule is NS(=O)(=O)CC(C/C=C/C(O)[C@@H]1CC[C@H]1CN1C[C@@]2(CCCc3cc(Cl)ccc32)COc2ccc(C(=O)O)cc21)c1ccccc1. The highest BCUT2D eigenvalue weighted by Crippen LogP contribution is 2.46. The molecule has 1 heterocycles. The van der Waals surface area contributed by atoms with Gasteiger partial charge in [0.05, 0.1) is 29.7 Å². The smallest absolute Gasteiger partial charge is 0.335 e. The van der Waals surface area contributed by atoms with Gasteiger partial charge in [-0.25, -0.2) is 18.4 Å². The number of anilines is 1. The minimum atomic E-state index is -3.68. The predicted octanol–water partition coefficient (Wildman–Crippen LogP) is 5.92. The lowest BCUT2D eigenvalue weighted by molar-refractivity contribution is 0.0456. The third kappa shape index (κ3) is 7.13. The second-order valence-electron chi connectivity index (χ2n) is 13.2. The van der Waals surface area contributed by atoms with Crippen LogP contribution in [0.3, 0.4) is 0 Å². The number of allylic oxidation sites excluding steroid dienone is 1. The molecule has 2 unspecified atom stereocenters. The second-order valence-corrected chi connectivity index (χ2v) is 15.3. The second kappa shape index (κ2) is 13.4. The van der Waals surface area contributed by atoms with Crippen molar-refractivity contribution in [3.8, 4) is 5.75 Å². The van der Waals surface area contributed by atoms with Crippen LogP contribution in [0.5, 0.6) is 5.75 Å². The molecule has 3 aromatic rings. The van der Waals surface area contributed by atoms with Crippen LogP contribution in [0, 0.1) is 11.8 Å². The van der Waals surface area contributed by atoms with Crippen LogP contribution in [0.2, 0.25) is 5.02 Å². The molecule has 0 radical (unpaired) electrons. The molecule has 0 saturated heterocycles. The first-order chi connectivity index (χ1) is 22.0. The Bertz CT molecular complexity index is 1710. The standard InChI is InChI=1S/C36H41ClN2O6S/c37-29-13-15-31-25(18-29)9-5-17-36(31)22-39(32-19-26(35(41)42)12-16-34(32)45-23-36)20-27-11-14-30(27)33(40)10-4-8-28(21-46(38,43)44)24-6-2-1-3-7-24/h1-4,6-7,10,12-13,15-16,18-19,27-28,30,33,40H,5,8-9,11,14,17,20-23H2,(H,41,42)(H2,38,43,44)/b10-4+/t27-,28?,30+,33?,36-/m0/s1. The number of primary sulfonamides is 1. The van der Waals surface area contributed by atoms with Gasteiger partial charge in [0.1, 0.15) is 5.75 Å². The van der Waals surface area contributed by atoms with Crippen LogP contribution in [0.1, 0.15) is 65.1 Å². The number of ether oxygens (including phenoxy) is 1. The molecule has 0 bridgehead atoms. The summed E-state index contributed by atoms with van der Waals surface area (Å²) in [7, 11) is -3.68. The molecule has 2 aliphatic carbocycles.